The summed E-state index contributed by atoms with van der Waals surface area (Å²) in [6.07, 6.45) is 11.2. The summed E-state index contributed by atoms with van der Waals surface area (Å²) in [6, 6.07) is 16.6. The van der Waals surface area contributed by atoms with E-state index < -0.39 is 5.91 Å². The number of nitrogens with one attached hydrogen (secondary N) is 1. The Balaban J connectivity index is 0.000000291. The van der Waals surface area contributed by atoms with Gasteiger partial charge >= 0.3 is 0 Å². The van der Waals surface area contributed by atoms with Gasteiger partial charge in [-0.15, -0.1) is 0 Å². The molecular weight excluding hydrogens is 464 g/mol. The Bertz CT molecular complexity index is 1340. The molecule has 0 bridgehead atoms. The molecule has 8 heteroatoms. The number of carbonyl (C=O) groups excluding carboxylic acids is 1. The van der Waals surface area contributed by atoms with Crippen molar-refractivity contribution in [1.82, 2.24) is 14.7 Å². The summed E-state index contributed by atoms with van der Waals surface area (Å²) < 4.78 is 1.34. The van der Waals surface area contributed by atoms with Crippen molar-refractivity contribution in [3.63, 3.8) is 0 Å². The summed E-state index contributed by atoms with van der Waals surface area (Å²) in [5, 5.41) is 3.43. The average molecular weight is 501 g/mol. The lowest BCUT2D eigenvalue weighted by atomic mass is 10.1. The molecule has 0 unspecified atom stereocenters. The van der Waals surface area contributed by atoms with Gasteiger partial charge in [0.2, 0.25) is 0 Å². The minimum Gasteiger partial charge on any atom is -0.404 e. The van der Waals surface area contributed by atoms with Gasteiger partial charge < -0.3 is 16.8 Å². The number of nitrogens with zero attached hydrogens (tertiary/aromatic N) is 3. The van der Waals surface area contributed by atoms with Gasteiger partial charge in [-0.25, -0.2) is 4.98 Å². The van der Waals surface area contributed by atoms with Crippen LogP contribution < -0.4 is 22.3 Å². The number of fused-ring (bicyclic) bond motifs is 1. The largest absolute Gasteiger partial charge is 0.404 e. The molecule has 5 N–H and O–H groups in total. The van der Waals surface area contributed by atoms with Crippen LogP contribution in [0.2, 0.25) is 0 Å². The third-order valence-corrected chi connectivity index (χ3v) is 5.35. The first-order valence-corrected chi connectivity index (χ1v) is 12.2. The van der Waals surface area contributed by atoms with Crippen LogP contribution in [0.25, 0.3) is 5.65 Å². The van der Waals surface area contributed by atoms with Gasteiger partial charge in [-0.05, 0) is 68.8 Å². The van der Waals surface area contributed by atoms with Crippen LogP contribution in [0, 0.1) is 0 Å². The molecule has 2 aromatic heterocycles. The summed E-state index contributed by atoms with van der Waals surface area (Å²) in [5.41, 5.74) is 15.3. The van der Waals surface area contributed by atoms with Crippen molar-refractivity contribution in [2.45, 2.75) is 40.2 Å². The standard InChI is InChI=1S/C20H29N3.C9H7N3O2/c1-4-20(5-2)23-17(3)11-12-18(15-21)13-14-22-16-19-9-7-6-8-10-19;10-9(14)6-5-8(13)12-4-2-1-3-7(12)11-6/h4,6-12,15,22H,5,13-14,16,21H2,1-3H3;1-5H,(H2,10,14)/b12-11-,18-15+,20-4-,23-17+;. The highest BCUT2D eigenvalue weighted by atomic mass is 16.1. The Morgan fingerprint density at radius 3 is 2.51 bits per heavy atom. The maximum Gasteiger partial charge on any atom is 0.267 e. The predicted molar refractivity (Wildman–Crippen MR) is 151 cm³/mol. The zero-order valence-electron chi connectivity index (χ0n) is 21.7. The van der Waals surface area contributed by atoms with Crippen molar-refractivity contribution in [2.75, 3.05) is 6.54 Å². The van der Waals surface area contributed by atoms with Gasteiger partial charge in [0, 0.05) is 30.2 Å². The van der Waals surface area contributed by atoms with Gasteiger partial charge in [0.15, 0.2) is 0 Å². The quantitative estimate of drug-likeness (QED) is 0.219. The molecule has 0 atom stereocenters. The third-order valence-electron chi connectivity index (χ3n) is 5.35. The SMILES string of the molecule is C\C=C(CC)/N=C(C)/C=C\C(=C/N)CCNCc1ccccc1.NC(=O)c1cc(=O)n2ccccc2n1. The van der Waals surface area contributed by atoms with E-state index in [0.717, 1.165) is 49.0 Å². The van der Waals surface area contributed by atoms with Crippen LogP contribution in [0.3, 0.4) is 0 Å². The minimum atomic E-state index is -0.701. The monoisotopic (exact) mass is 500 g/mol. The maximum absolute atomic E-state index is 11.4. The second-order valence-corrected chi connectivity index (χ2v) is 8.15. The van der Waals surface area contributed by atoms with E-state index in [1.165, 1.54) is 9.96 Å². The average Bonchev–Trinajstić information content (AvgIpc) is 2.92. The number of amides is 1. The van der Waals surface area contributed by atoms with E-state index >= 15 is 0 Å². The Morgan fingerprint density at radius 2 is 1.86 bits per heavy atom. The fourth-order valence-electron chi connectivity index (χ4n) is 3.30. The van der Waals surface area contributed by atoms with E-state index in [4.69, 9.17) is 11.5 Å². The number of pyridine rings is 1. The number of primary amides is 1. The van der Waals surface area contributed by atoms with Crippen molar-refractivity contribution in [3.05, 3.63) is 118 Å². The Morgan fingerprint density at radius 1 is 1.14 bits per heavy atom. The van der Waals surface area contributed by atoms with E-state index in [0.29, 0.717) is 5.65 Å². The first-order chi connectivity index (χ1) is 17.9. The lowest BCUT2D eigenvalue weighted by Gasteiger charge is -2.05. The first-order valence-electron chi connectivity index (χ1n) is 12.2. The highest BCUT2D eigenvalue weighted by Gasteiger charge is 2.05. The molecule has 0 aliphatic carbocycles. The summed E-state index contributed by atoms with van der Waals surface area (Å²) in [4.78, 5) is 30.7. The lowest BCUT2D eigenvalue weighted by Crippen LogP contribution is -2.21. The zero-order chi connectivity index (χ0) is 27.0. The van der Waals surface area contributed by atoms with Crippen molar-refractivity contribution in [1.29, 1.82) is 0 Å². The zero-order valence-corrected chi connectivity index (χ0v) is 21.7. The van der Waals surface area contributed by atoms with E-state index in [-0.39, 0.29) is 11.3 Å². The number of allylic oxidation sites excluding steroid dienone is 4. The van der Waals surface area contributed by atoms with E-state index in [1.807, 2.05) is 38.1 Å². The number of rotatable bonds is 10. The second kappa shape index (κ2) is 15.6. The smallest absolute Gasteiger partial charge is 0.267 e. The van der Waals surface area contributed by atoms with E-state index in [2.05, 4.69) is 46.5 Å². The van der Waals surface area contributed by atoms with E-state index in [1.54, 1.807) is 30.6 Å². The van der Waals surface area contributed by atoms with Crippen molar-refractivity contribution >= 4 is 17.3 Å². The summed E-state index contributed by atoms with van der Waals surface area (Å²) in [7, 11) is 0. The third kappa shape index (κ3) is 10.1. The first kappa shape index (κ1) is 28.9. The Hall–Kier alpha value is -4.30. The number of benzene rings is 1. The molecule has 8 nitrogen and oxygen atoms in total. The number of hydrogen-bond acceptors (Lipinski definition) is 6. The molecule has 0 radical (unpaired) electrons. The van der Waals surface area contributed by atoms with E-state index in [9.17, 15) is 9.59 Å². The van der Waals surface area contributed by atoms with Gasteiger partial charge in [0.25, 0.3) is 11.5 Å². The van der Waals surface area contributed by atoms with Gasteiger partial charge in [-0.1, -0.05) is 55.5 Å². The normalized spacial score (nSPS) is 12.5. The van der Waals surface area contributed by atoms with Gasteiger partial charge in [0.05, 0.1) is 0 Å². The van der Waals surface area contributed by atoms with Crippen molar-refractivity contribution < 1.29 is 4.79 Å². The number of aliphatic imine (C=N–C) groups is 1. The second-order valence-electron chi connectivity index (χ2n) is 8.15. The van der Waals surface area contributed by atoms with Gasteiger partial charge in [0.1, 0.15) is 11.3 Å². The Kier molecular flexibility index (Phi) is 12.2. The molecule has 0 saturated carbocycles. The molecule has 0 spiro atoms. The fourth-order valence-corrected chi connectivity index (χ4v) is 3.30. The van der Waals surface area contributed by atoms with Crippen molar-refractivity contribution in [2.24, 2.45) is 16.5 Å². The molecular formula is C29H36N6O2. The molecule has 0 saturated heterocycles. The maximum atomic E-state index is 11.4. The van der Waals surface area contributed by atoms with Crippen LogP contribution in [0.5, 0.6) is 0 Å². The van der Waals surface area contributed by atoms with Crippen LogP contribution in [0.15, 0.2) is 106 Å². The summed E-state index contributed by atoms with van der Waals surface area (Å²) in [6.45, 7) is 7.91. The topological polar surface area (TPSA) is 128 Å². The molecule has 194 valence electrons. The highest BCUT2D eigenvalue weighted by Crippen LogP contribution is 2.06. The van der Waals surface area contributed by atoms with Crippen LogP contribution in [0.1, 0.15) is 49.7 Å². The minimum absolute atomic E-state index is 0.0128. The van der Waals surface area contributed by atoms with Gasteiger partial charge in [-0.3, -0.25) is 19.0 Å². The van der Waals surface area contributed by atoms with Crippen LogP contribution >= 0.6 is 0 Å². The number of carbonyl (C=O) groups is 1. The van der Waals surface area contributed by atoms with Crippen LogP contribution in [-0.2, 0) is 6.54 Å². The van der Waals surface area contributed by atoms with Crippen LogP contribution in [0.4, 0.5) is 0 Å². The molecule has 1 amide bonds. The van der Waals surface area contributed by atoms with Crippen molar-refractivity contribution in [3.8, 4) is 0 Å². The molecule has 0 fully saturated rings. The van der Waals surface area contributed by atoms with Gasteiger partial charge in [-0.2, -0.15) is 0 Å². The molecule has 0 aliphatic heterocycles. The fraction of sp³-hybridized carbons (Fsp3) is 0.241. The molecule has 3 aromatic rings. The number of hydrogen-bond donors (Lipinski definition) is 3. The molecule has 1 aromatic carbocycles. The van der Waals surface area contributed by atoms with Crippen LogP contribution in [-0.4, -0.2) is 27.5 Å². The predicted octanol–water partition coefficient (Wildman–Crippen LogP) is 4.13. The molecule has 37 heavy (non-hydrogen) atoms. The summed E-state index contributed by atoms with van der Waals surface area (Å²) in [5.74, 6) is -0.701. The number of aromatic nitrogens is 2. The molecule has 0 aliphatic rings. The lowest BCUT2D eigenvalue weighted by molar-refractivity contribution is 0.0995. The Labute approximate surface area is 218 Å². The number of nitrogens with two attached hydrogens (primary N) is 2. The highest BCUT2D eigenvalue weighted by molar-refractivity contribution is 5.93. The molecule has 3 rings (SSSR count). The summed E-state index contributed by atoms with van der Waals surface area (Å²) >= 11 is 0. The molecule has 2 heterocycles.